The molecule has 0 N–H and O–H groups in total. The number of aromatic nitrogens is 1. The van der Waals surface area contributed by atoms with E-state index in [2.05, 4.69) is 11.1 Å². The Balaban J connectivity index is 2.11. The molecule has 0 atom stereocenters. The van der Waals surface area contributed by atoms with Crippen LogP contribution in [0.3, 0.4) is 0 Å². The third kappa shape index (κ3) is 2.70. The van der Waals surface area contributed by atoms with Gasteiger partial charge in [0.2, 0.25) is 0 Å². The summed E-state index contributed by atoms with van der Waals surface area (Å²) in [6, 6.07) is 15.6. The van der Waals surface area contributed by atoms with Crippen LogP contribution in [-0.2, 0) is 0 Å². The molecule has 0 aliphatic rings. The maximum absolute atomic E-state index is 13.3. The van der Waals surface area contributed by atoms with Gasteiger partial charge in [-0.1, -0.05) is 24.3 Å². The minimum absolute atomic E-state index is 0.361. The highest BCUT2D eigenvalue weighted by Gasteiger charge is 2.09. The highest BCUT2D eigenvalue weighted by molar-refractivity contribution is 5.73. The quantitative estimate of drug-likeness (QED) is 0.694. The summed E-state index contributed by atoms with van der Waals surface area (Å²) >= 11 is 0. The zero-order chi connectivity index (χ0) is 15.5. The van der Waals surface area contributed by atoms with Crippen LogP contribution in [0.5, 0.6) is 0 Å². The second kappa shape index (κ2) is 5.74. The zero-order valence-electron chi connectivity index (χ0n) is 11.4. The molecule has 0 aliphatic carbocycles. The summed E-state index contributed by atoms with van der Waals surface area (Å²) in [7, 11) is 0. The molecule has 0 radical (unpaired) electrons. The lowest BCUT2D eigenvalue weighted by atomic mass is 10.0. The zero-order valence-corrected chi connectivity index (χ0v) is 11.4. The molecular weight excluding hydrogens is 282 g/mol. The molecule has 0 saturated heterocycles. The summed E-state index contributed by atoms with van der Waals surface area (Å²) in [4.78, 5) is 4.26. The van der Waals surface area contributed by atoms with Crippen LogP contribution < -0.4 is 0 Å². The summed E-state index contributed by atoms with van der Waals surface area (Å²) < 4.78 is 26.6. The maximum atomic E-state index is 13.3. The predicted molar refractivity (Wildman–Crippen MR) is 79.7 cm³/mol. The van der Waals surface area contributed by atoms with Gasteiger partial charge in [-0.15, -0.1) is 0 Å². The van der Waals surface area contributed by atoms with Gasteiger partial charge in [0.25, 0.3) is 0 Å². The van der Waals surface area contributed by atoms with E-state index in [-0.39, 0.29) is 11.6 Å². The van der Waals surface area contributed by atoms with Crippen molar-refractivity contribution < 1.29 is 8.78 Å². The lowest BCUT2D eigenvalue weighted by Crippen LogP contribution is -1.91. The minimum Gasteiger partial charge on any atom is -0.256 e. The van der Waals surface area contributed by atoms with Crippen molar-refractivity contribution in [1.82, 2.24) is 4.98 Å². The highest BCUT2D eigenvalue weighted by atomic mass is 19.1. The second-order valence-corrected chi connectivity index (χ2v) is 4.75. The largest absolute Gasteiger partial charge is 0.256 e. The third-order valence-corrected chi connectivity index (χ3v) is 3.28. The topological polar surface area (TPSA) is 36.7 Å². The molecule has 0 bridgehead atoms. The average Bonchev–Trinajstić information content (AvgIpc) is 2.54. The first-order valence-corrected chi connectivity index (χ1v) is 6.59. The monoisotopic (exact) mass is 292 g/mol. The van der Waals surface area contributed by atoms with Gasteiger partial charge in [0.05, 0.1) is 17.3 Å². The molecule has 0 aliphatic heterocycles. The molecule has 0 fully saturated rings. The Labute approximate surface area is 126 Å². The van der Waals surface area contributed by atoms with Crippen LogP contribution in [0.25, 0.3) is 22.4 Å². The molecule has 1 aromatic heterocycles. The van der Waals surface area contributed by atoms with E-state index in [1.54, 1.807) is 30.3 Å². The van der Waals surface area contributed by atoms with Crippen LogP contribution in [0, 0.1) is 23.0 Å². The van der Waals surface area contributed by atoms with E-state index in [0.717, 1.165) is 0 Å². The van der Waals surface area contributed by atoms with Crippen LogP contribution in [0.1, 0.15) is 5.56 Å². The first kappa shape index (κ1) is 13.9. The van der Waals surface area contributed by atoms with Crippen molar-refractivity contribution in [1.29, 1.82) is 5.26 Å². The fourth-order valence-corrected chi connectivity index (χ4v) is 2.24. The Morgan fingerprint density at radius 3 is 2.14 bits per heavy atom. The van der Waals surface area contributed by atoms with E-state index in [1.807, 2.05) is 0 Å². The molecule has 4 heteroatoms. The number of nitrogens with zero attached hydrogens (tertiary/aromatic N) is 2. The first-order chi connectivity index (χ1) is 10.7. The SMILES string of the molecule is N#Cc1cc(-c2cccc(F)c2)ncc1-c1cccc(F)c1. The molecule has 22 heavy (non-hydrogen) atoms. The van der Waals surface area contributed by atoms with Gasteiger partial charge in [0.1, 0.15) is 11.6 Å². The predicted octanol–water partition coefficient (Wildman–Crippen LogP) is 4.57. The Kier molecular flexibility index (Phi) is 3.63. The van der Waals surface area contributed by atoms with Crippen LogP contribution in [0.4, 0.5) is 8.78 Å². The number of rotatable bonds is 2. The molecule has 3 aromatic rings. The highest BCUT2D eigenvalue weighted by Crippen LogP contribution is 2.27. The summed E-state index contributed by atoms with van der Waals surface area (Å²) in [5.41, 5.74) is 2.57. The van der Waals surface area contributed by atoms with Gasteiger partial charge in [-0.05, 0) is 35.9 Å². The van der Waals surface area contributed by atoms with Gasteiger partial charge in [0.15, 0.2) is 0 Å². The number of hydrogen-bond donors (Lipinski definition) is 0. The number of hydrogen-bond acceptors (Lipinski definition) is 2. The number of nitriles is 1. The van der Waals surface area contributed by atoms with Gasteiger partial charge in [-0.3, -0.25) is 4.98 Å². The van der Waals surface area contributed by atoms with Crippen molar-refractivity contribution >= 4 is 0 Å². The molecular formula is C18H10F2N2. The standard InChI is InChI=1S/C18H10F2N2/c19-15-5-1-3-12(7-15)17-11-22-18(9-14(17)10-21)13-4-2-6-16(20)8-13/h1-9,11H. The Morgan fingerprint density at radius 2 is 1.50 bits per heavy atom. The van der Waals surface area contributed by atoms with E-state index in [1.165, 1.54) is 30.5 Å². The van der Waals surface area contributed by atoms with Gasteiger partial charge >= 0.3 is 0 Å². The van der Waals surface area contributed by atoms with Gasteiger partial charge in [0, 0.05) is 17.3 Å². The lowest BCUT2D eigenvalue weighted by molar-refractivity contribution is 0.628. The van der Waals surface area contributed by atoms with E-state index >= 15 is 0 Å². The smallest absolute Gasteiger partial charge is 0.123 e. The second-order valence-electron chi connectivity index (χ2n) is 4.75. The fourth-order valence-electron chi connectivity index (χ4n) is 2.24. The summed E-state index contributed by atoms with van der Waals surface area (Å²) in [6.07, 6.45) is 1.51. The Morgan fingerprint density at radius 1 is 0.864 bits per heavy atom. The molecule has 3 rings (SSSR count). The number of benzene rings is 2. The lowest BCUT2D eigenvalue weighted by Gasteiger charge is -2.07. The maximum Gasteiger partial charge on any atom is 0.123 e. The van der Waals surface area contributed by atoms with Gasteiger partial charge in [-0.25, -0.2) is 8.78 Å². The summed E-state index contributed by atoms with van der Waals surface area (Å²) in [5.74, 6) is -0.748. The Bertz CT molecular complexity index is 882. The van der Waals surface area contributed by atoms with E-state index in [4.69, 9.17) is 0 Å². The number of halogens is 2. The van der Waals surface area contributed by atoms with Crippen LogP contribution in [0.15, 0.2) is 60.8 Å². The van der Waals surface area contributed by atoms with Crippen LogP contribution in [0.2, 0.25) is 0 Å². The van der Waals surface area contributed by atoms with Crippen LogP contribution in [-0.4, -0.2) is 4.98 Å². The van der Waals surface area contributed by atoms with E-state index in [9.17, 15) is 14.0 Å². The average molecular weight is 292 g/mol. The normalized spacial score (nSPS) is 10.2. The molecule has 2 nitrogen and oxygen atoms in total. The molecule has 2 aromatic carbocycles. The summed E-state index contributed by atoms with van der Waals surface area (Å²) in [6.45, 7) is 0. The molecule has 0 amide bonds. The molecule has 106 valence electrons. The first-order valence-electron chi connectivity index (χ1n) is 6.59. The molecule has 0 saturated carbocycles. The molecule has 1 heterocycles. The Hall–Kier alpha value is -3.06. The molecule has 0 unspecified atom stereocenters. The minimum atomic E-state index is -0.379. The molecule has 0 spiro atoms. The summed E-state index contributed by atoms with van der Waals surface area (Å²) in [5, 5.41) is 9.33. The van der Waals surface area contributed by atoms with Crippen molar-refractivity contribution in [2.45, 2.75) is 0 Å². The van der Waals surface area contributed by atoms with E-state index < -0.39 is 0 Å². The van der Waals surface area contributed by atoms with Crippen LogP contribution >= 0.6 is 0 Å². The third-order valence-electron chi connectivity index (χ3n) is 3.28. The van der Waals surface area contributed by atoms with Gasteiger partial charge < -0.3 is 0 Å². The van der Waals surface area contributed by atoms with Crippen molar-refractivity contribution in [3.63, 3.8) is 0 Å². The fraction of sp³-hybridized carbons (Fsp3) is 0. The van der Waals surface area contributed by atoms with E-state index in [0.29, 0.717) is 27.9 Å². The van der Waals surface area contributed by atoms with Crippen molar-refractivity contribution in [2.24, 2.45) is 0 Å². The number of pyridine rings is 1. The van der Waals surface area contributed by atoms with Gasteiger partial charge in [-0.2, -0.15) is 5.26 Å². The van der Waals surface area contributed by atoms with Crippen molar-refractivity contribution in [3.05, 3.63) is 78.0 Å². The van der Waals surface area contributed by atoms with Crippen molar-refractivity contribution in [2.75, 3.05) is 0 Å². The van der Waals surface area contributed by atoms with Crippen molar-refractivity contribution in [3.8, 4) is 28.5 Å².